The molecule has 0 fully saturated rings. The van der Waals surface area contributed by atoms with Crippen LogP contribution in [-0.4, -0.2) is 39.4 Å². The van der Waals surface area contributed by atoms with Crippen LogP contribution in [-0.2, 0) is 16.1 Å². The Morgan fingerprint density at radius 3 is 2.81 bits per heavy atom. The molecular weight excluding hydrogens is 443 g/mol. The molecule has 11 heteroatoms. The Hall–Kier alpha value is -2.92. The topological polar surface area (TPSA) is 106 Å². The molecule has 3 rings (SSSR count). The SMILES string of the molecule is CCOC(=O)c1c(NC(=O)CSc2n[nH]c(COc3ccccc3F)n2)sc(C)c1C. The van der Waals surface area contributed by atoms with Crippen LogP contribution in [0, 0.1) is 19.7 Å². The molecule has 2 heterocycles. The maximum absolute atomic E-state index is 13.6. The summed E-state index contributed by atoms with van der Waals surface area (Å²) in [7, 11) is 0. The molecule has 0 aliphatic heterocycles. The number of anilines is 1. The van der Waals surface area contributed by atoms with Crippen LogP contribution < -0.4 is 10.1 Å². The fourth-order valence-electron chi connectivity index (χ4n) is 2.57. The van der Waals surface area contributed by atoms with Crippen LogP contribution in [0.5, 0.6) is 5.75 Å². The highest BCUT2D eigenvalue weighted by Gasteiger charge is 2.22. The van der Waals surface area contributed by atoms with Crippen LogP contribution in [0.15, 0.2) is 29.4 Å². The van der Waals surface area contributed by atoms with E-state index in [1.165, 1.54) is 23.5 Å². The fraction of sp³-hybridized carbons (Fsp3) is 0.300. The molecule has 0 saturated heterocycles. The van der Waals surface area contributed by atoms with E-state index in [-0.39, 0.29) is 30.6 Å². The van der Waals surface area contributed by atoms with Crippen molar-refractivity contribution in [3.63, 3.8) is 0 Å². The van der Waals surface area contributed by atoms with Crippen LogP contribution in [0.2, 0.25) is 0 Å². The highest BCUT2D eigenvalue weighted by atomic mass is 32.2. The quantitative estimate of drug-likeness (QED) is 0.363. The summed E-state index contributed by atoms with van der Waals surface area (Å²) in [6.45, 7) is 5.70. The number of H-pyrrole nitrogens is 1. The van der Waals surface area contributed by atoms with Crippen molar-refractivity contribution < 1.29 is 23.5 Å². The lowest BCUT2D eigenvalue weighted by Gasteiger charge is -2.06. The molecule has 2 N–H and O–H groups in total. The summed E-state index contributed by atoms with van der Waals surface area (Å²) in [5, 5.41) is 10.3. The van der Waals surface area contributed by atoms with E-state index in [1.807, 2.05) is 13.8 Å². The number of esters is 1. The first-order valence-electron chi connectivity index (χ1n) is 9.37. The Kier molecular flexibility index (Phi) is 7.64. The average molecular weight is 465 g/mol. The number of aromatic nitrogens is 3. The number of hydrogen-bond acceptors (Lipinski definition) is 8. The number of benzene rings is 1. The van der Waals surface area contributed by atoms with Crippen LogP contribution in [0.4, 0.5) is 9.39 Å². The number of aryl methyl sites for hydroxylation is 1. The minimum absolute atomic E-state index is 0.0112. The molecule has 0 aliphatic carbocycles. The van der Waals surface area contributed by atoms with Gasteiger partial charge in [0.05, 0.1) is 17.9 Å². The van der Waals surface area contributed by atoms with Gasteiger partial charge in [-0.05, 0) is 38.5 Å². The molecule has 0 saturated carbocycles. The van der Waals surface area contributed by atoms with Gasteiger partial charge in [0.2, 0.25) is 11.1 Å². The van der Waals surface area contributed by atoms with Crippen molar-refractivity contribution in [1.29, 1.82) is 0 Å². The number of carbonyl (C=O) groups excluding carboxylic acids is 2. The predicted molar refractivity (Wildman–Crippen MR) is 116 cm³/mol. The van der Waals surface area contributed by atoms with E-state index in [0.717, 1.165) is 22.2 Å². The van der Waals surface area contributed by atoms with Gasteiger partial charge in [-0.25, -0.2) is 14.2 Å². The Bertz CT molecular complexity index is 1080. The van der Waals surface area contributed by atoms with Gasteiger partial charge in [-0.15, -0.1) is 16.4 Å². The third kappa shape index (κ3) is 5.82. The van der Waals surface area contributed by atoms with E-state index in [2.05, 4.69) is 20.5 Å². The van der Waals surface area contributed by atoms with Crippen molar-refractivity contribution in [3.8, 4) is 5.75 Å². The lowest BCUT2D eigenvalue weighted by Crippen LogP contribution is -2.16. The minimum Gasteiger partial charge on any atom is -0.483 e. The van der Waals surface area contributed by atoms with Gasteiger partial charge in [-0.2, -0.15) is 0 Å². The monoisotopic (exact) mass is 464 g/mol. The molecule has 164 valence electrons. The Morgan fingerprint density at radius 2 is 2.06 bits per heavy atom. The number of ether oxygens (including phenoxy) is 2. The third-order valence-corrected chi connectivity index (χ3v) is 6.13. The first-order chi connectivity index (χ1) is 14.9. The number of thioether (sulfide) groups is 1. The van der Waals surface area contributed by atoms with E-state index in [9.17, 15) is 14.0 Å². The van der Waals surface area contributed by atoms with Crippen molar-refractivity contribution in [1.82, 2.24) is 15.2 Å². The Labute approximate surface area is 186 Å². The fourth-order valence-corrected chi connectivity index (χ4v) is 4.25. The molecule has 1 aromatic carbocycles. The first kappa shape index (κ1) is 22.8. The highest BCUT2D eigenvalue weighted by Crippen LogP contribution is 2.33. The van der Waals surface area contributed by atoms with Gasteiger partial charge >= 0.3 is 5.97 Å². The van der Waals surface area contributed by atoms with E-state index >= 15 is 0 Å². The van der Waals surface area contributed by atoms with Gasteiger partial charge in [0.1, 0.15) is 11.6 Å². The molecule has 1 amide bonds. The van der Waals surface area contributed by atoms with Gasteiger partial charge in [-0.1, -0.05) is 23.9 Å². The summed E-state index contributed by atoms with van der Waals surface area (Å²) in [4.78, 5) is 29.8. The number of nitrogens with one attached hydrogen (secondary N) is 2. The molecule has 0 atom stereocenters. The standard InChI is InChI=1S/C20H21FN4O4S2/c1-4-28-19(27)17-11(2)12(3)31-18(17)23-16(26)10-30-20-22-15(24-25-20)9-29-14-8-6-5-7-13(14)21/h5-8H,4,9-10H2,1-3H3,(H,23,26)(H,22,24,25). The van der Waals surface area contributed by atoms with Crippen LogP contribution in [0.3, 0.4) is 0 Å². The summed E-state index contributed by atoms with van der Waals surface area (Å²) in [6.07, 6.45) is 0. The summed E-state index contributed by atoms with van der Waals surface area (Å²) < 4.78 is 24.0. The first-order valence-corrected chi connectivity index (χ1v) is 11.2. The van der Waals surface area contributed by atoms with Crippen molar-refractivity contribution in [2.75, 3.05) is 17.7 Å². The van der Waals surface area contributed by atoms with Gasteiger partial charge < -0.3 is 14.8 Å². The van der Waals surface area contributed by atoms with Crippen molar-refractivity contribution >= 4 is 40.0 Å². The third-order valence-electron chi connectivity index (χ3n) is 4.16. The van der Waals surface area contributed by atoms with Crippen molar-refractivity contribution in [3.05, 3.63) is 51.9 Å². The Morgan fingerprint density at radius 1 is 1.29 bits per heavy atom. The van der Waals surface area contributed by atoms with Crippen LogP contribution >= 0.6 is 23.1 Å². The van der Waals surface area contributed by atoms with E-state index in [0.29, 0.717) is 21.5 Å². The normalized spacial score (nSPS) is 10.7. The lowest BCUT2D eigenvalue weighted by molar-refractivity contribution is -0.113. The summed E-state index contributed by atoms with van der Waals surface area (Å²) >= 11 is 2.45. The molecule has 0 spiro atoms. The molecule has 2 aromatic heterocycles. The number of para-hydroxylation sites is 1. The second-order valence-electron chi connectivity index (χ2n) is 6.33. The molecule has 0 bridgehead atoms. The number of aromatic amines is 1. The molecule has 3 aromatic rings. The van der Waals surface area contributed by atoms with Gasteiger partial charge in [0.15, 0.2) is 17.4 Å². The van der Waals surface area contributed by atoms with E-state index in [1.54, 1.807) is 19.1 Å². The van der Waals surface area contributed by atoms with Gasteiger partial charge in [-0.3, -0.25) is 9.89 Å². The van der Waals surface area contributed by atoms with Crippen molar-refractivity contribution in [2.45, 2.75) is 32.5 Å². The highest BCUT2D eigenvalue weighted by molar-refractivity contribution is 7.99. The number of nitrogens with zero attached hydrogens (tertiary/aromatic N) is 2. The zero-order valence-electron chi connectivity index (χ0n) is 17.2. The van der Waals surface area contributed by atoms with E-state index in [4.69, 9.17) is 9.47 Å². The second kappa shape index (κ2) is 10.4. The second-order valence-corrected chi connectivity index (χ2v) is 8.50. The summed E-state index contributed by atoms with van der Waals surface area (Å²) in [5.41, 5.74) is 1.17. The predicted octanol–water partition coefficient (Wildman–Crippen LogP) is 4.11. The molecule has 8 nitrogen and oxygen atoms in total. The largest absolute Gasteiger partial charge is 0.483 e. The zero-order chi connectivity index (χ0) is 22.4. The van der Waals surface area contributed by atoms with Crippen LogP contribution in [0.25, 0.3) is 0 Å². The maximum Gasteiger partial charge on any atom is 0.341 e. The van der Waals surface area contributed by atoms with E-state index < -0.39 is 11.8 Å². The number of carbonyl (C=O) groups is 2. The molecule has 0 radical (unpaired) electrons. The number of rotatable bonds is 9. The number of thiophene rings is 1. The minimum atomic E-state index is -0.463. The molecular formula is C20H21FN4O4S2. The number of hydrogen-bond donors (Lipinski definition) is 2. The summed E-state index contributed by atoms with van der Waals surface area (Å²) in [6, 6.07) is 6.07. The number of amides is 1. The number of halogens is 1. The average Bonchev–Trinajstić information content (AvgIpc) is 3.30. The van der Waals surface area contributed by atoms with Gasteiger partial charge in [0.25, 0.3) is 0 Å². The van der Waals surface area contributed by atoms with Crippen molar-refractivity contribution in [2.24, 2.45) is 0 Å². The molecule has 0 aliphatic rings. The zero-order valence-corrected chi connectivity index (χ0v) is 18.8. The molecule has 31 heavy (non-hydrogen) atoms. The molecule has 0 unspecified atom stereocenters. The lowest BCUT2D eigenvalue weighted by atomic mass is 10.1. The summed E-state index contributed by atoms with van der Waals surface area (Å²) in [5.74, 6) is -0.656. The smallest absolute Gasteiger partial charge is 0.341 e. The van der Waals surface area contributed by atoms with Gasteiger partial charge in [0, 0.05) is 4.88 Å². The maximum atomic E-state index is 13.6. The Balaban J connectivity index is 1.54. The van der Waals surface area contributed by atoms with Crippen LogP contribution in [0.1, 0.15) is 33.5 Å².